The minimum Gasteiger partial charge on any atom is -0.448 e. The molecule has 2 aromatic carbocycles. The summed E-state index contributed by atoms with van der Waals surface area (Å²) < 4.78 is 20.4. The number of hydrogen-bond donors (Lipinski definition) is 1. The van der Waals surface area contributed by atoms with Gasteiger partial charge in [0.05, 0.1) is 16.6 Å². The van der Waals surface area contributed by atoms with Crippen LogP contribution in [0.3, 0.4) is 0 Å². The molecule has 11 heteroatoms. The predicted octanol–water partition coefficient (Wildman–Crippen LogP) is 2.04. The lowest BCUT2D eigenvalue weighted by molar-refractivity contribution is 0.0743. The number of H-pyrrole nitrogens is 1. The first kappa shape index (κ1) is 27.3. The van der Waals surface area contributed by atoms with Crippen LogP contribution < -0.4 is 5.56 Å². The zero-order valence-electron chi connectivity index (χ0n) is 23.2. The summed E-state index contributed by atoms with van der Waals surface area (Å²) in [6, 6.07) is 11.7. The number of nitrogens with zero attached hydrogens (tertiary/aromatic N) is 5. The molecule has 2 unspecified atom stereocenters. The first-order chi connectivity index (χ1) is 19.9. The zero-order chi connectivity index (χ0) is 28.5. The molecular weight excluding hydrogens is 527 g/mol. The second-order valence-corrected chi connectivity index (χ2v) is 11.4. The van der Waals surface area contributed by atoms with E-state index in [1.54, 1.807) is 34.1 Å². The summed E-state index contributed by atoms with van der Waals surface area (Å²) in [5.41, 5.74) is 1.13. The predicted molar refractivity (Wildman–Crippen MR) is 151 cm³/mol. The molecule has 3 aliphatic rings. The van der Waals surface area contributed by atoms with E-state index >= 15 is 0 Å². The molecule has 3 aromatic rings. The van der Waals surface area contributed by atoms with E-state index < -0.39 is 5.82 Å². The Kier molecular flexibility index (Phi) is 7.72. The molecule has 0 saturated carbocycles. The van der Waals surface area contributed by atoms with E-state index in [0.717, 1.165) is 43.7 Å². The number of fused-ring (bicyclic) bond motifs is 2. The number of halogens is 1. The molecule has 0 radical (unpaired) electrons. The molecule has 3 aliphatic heterocycles. The Balaban J connectivity index is 1.04. The number of aromatic amines is 1. The SMILES string of the molecule is CN1CCN(CCOC(=O)N2CC3CN(C(=O)c4cc(Cc5n[nH]c(=O)c6ccccc56)ccc4F)CC3C2)CC1. The van der Waals surface area contributed by atoms with Gasteiger partial charge in [0, 0.05) is 82.5 Å². The first-order valence-corrected chi connectivity index (χ1v) is 14.2. The maximum atomic E-state index is 14.9. The number of benzene rings is 2. The molecule has 0 aliphatic carbocycles. The standard InChI is InChI=1S/C30H35FN6O4/c1-34-8-10-35(11-9-34)12-13-41-30(40)37-18-21-16-36(17-22(21)19-37)29(39)25-14-20(6-7-26(25)31)15-27-23-4-2-3-5-24(23)28(38)33-32-27/h2-7,14,21-22H,8-13,15-19H2,1H3,(H,33,38). The average molecular weight is 563 g/mol. The summed E-state index contributed by atoms with van der Waals surface area (Å²) in [5, 5.41) is 7.99. The van der Waals surface area contributed by atoms with Gasteiger partial charge >= 0.3 is 6.09 Å². The van der Waals surface area contributed by atoms with Crippen molar-refractivity contribution in [3.8, 4) is 0 Å². The van der Waals surface area contributed by atoms with Gasteiger partial charge in [0.1, 0.15) is 12.4 Å². The molecule has 0 spiro atoms. The van der Waals surface area contributed by atoms with E-state index in [9.17, 15) is 18.8 Å². The van der Waals surface area contributed by atoms with Crippen LogP contribution in [0.2, 0.25) is 0 Å². The third-order valence-corrected chi connectivity index (χ3v) is 8.67. The lowest BCUT2D eigenvalue weighted by Gasteiger charge is -2.32. The maximum Gasteiger partial charge on any atom is 0.409 e. The number of aromatic nitrogens is 2. The minimum absolute atomic E-state index is 0.0244. The van der Waals surface area contributed by atoms with Crippen LogP contribution in [0.1, 0.15) is 21.6 Å². The number of hydrogen-bond acceptors (Lipinski definition) is 7. The molecule has 3 saturated heterocycles. The number of carbonyl (C=O) groups is 2. The normalized spacial score (nSPS) is 21.4. The van der Waals surface area contributed by atoms with Gasteiger partial charge in [-0.05, 0) is 30.8 Å². The molecule has 4 heterocycles. The quantitative estimate of drug-likeness (QED) is 0.491. The van der Waals surface area contributed by atoms with E-state index in [-0.39, 0.29) is 35.0 Å². The summed E-state index contributed by atoms with van der Waals surface area (Å²) in [5.74, 6) is -0.626. The number of nitrogens with one attached hydrogen (secondary N) is 1. The van der Waals surface area contributed by atoms with Crippen LogP contribution in [0.25, 0.3) is 10.8 Å². The second kappa shape index (κ2) is 11.6. The fourth-order valence-electron chi connectivity index (χ4n) is 6.25. The molecule has 10 nitrogen and oxygen atoms in total. The molecule has 1 N–H and O–H groups in total. The topological polar surface area (TPSA) is 102 Å². The van der Waals surface area contributed by atoms with Gasteiger partial charge in [0.25, 0.3) is 11.5 Å². The summed E-state index contributed by atoms with van der Waals surface area (Å²) in [6.45, 7) is 7.15. The molecule has 2 atom stereocenters. The van der Waals surface area contributed by atoms with Gasteiger partial charge in [-0.15, -0.1) is 0 Å². The van der Waals surface area contributed by atoms with Crippen LogP contribution in [0.5, 0.6) is 0 Å². The van der Waals surface area contributed by atoms with Crippen molar-refractivity contribution in [2.75, 3.05) is 72.6 Å². The Hall–Kier alpha value is -3.83. The molecule has 41 heavy (non-hydrogen) atoms. The Morgan fingerprint density at radius 2 is 1.66 bits per heavy atom. The summed E-state index contributed by atoms with van der Waals surface area (Å²) >= 11 is 0. The summed E-state index contributed by atoms with van der Waals surface area (Å²) in [7, 11) is 2.11. The van der Waals surface area contributed by atoms with Gasteiger partial charge in [0.15, 0.2) is 0 Å². The van der Waals surface area contributed by atoms with Crippen LogP contribution in [0.15, 0.2) is 47.3 Å². The van der Waals surface area contributed by atoms with Crippen molar-refractivity contribution < 1.29 is 18.7 Å². The number of rotatable bonds is 6. The van der Waals surface area contributed by atoms with Crippen molar-refractivity contribution in [2.24, 2.45) is 11.8 Å². The van der Waals surface area contributed by atoms with Gasteiger partial charge in [0.2, 0.25) is 0 Å². The number of carbonyl (C=O) groups excluding carboxylic acids is 2. The van der Waals surface area contributed by atoms with Gasteiger partial charge in [-0.3, -0.25) is 14.5 Å². The third-order valence-electron chi connectivity index (χ3n) is 8.67. The van der Waals surface area contributed by atoms with Crippen molar-refractivity contribution in [1.29, 1.82) is 0 Å². The van der Waals surface area contributed by atoms with Gasteiger partial charge in [-0.25, -0.2) is 14.3 Å². The van der Waals surface area contributed by atoms with Crippen LogP contribution in [-0.4, -0.2) is 114 Å². The highest BCUT2D eigenvalue weighted by atomic mass is 19.1. The maximum absolute atomic E-state index is 14.9. The molecule has 0 bridgehead atoms. The van der Waals surface area contributed by atoms with Crippen molar-refractivity contribution in [2.45, 2.75) is 6.42 Å². The van der Waals surface area contributed by atoms with Crippen LogP contribution in [-0.2, 0) is 11.2 Å². The molecule has 6 rings (SSSR count). The Morgan fingerprint density at radius 1 is 0.976 bits per heavy atom. The molecule has 1 aromatic heterocycles. The smallest absolute Gasteiger partial charge is 0.409 e. The van der Waals surface area contributed by atoms with Crippen LogP contribution in [0, 0.1) is 17.7 Å². The summed E-state index contributed by atoms with van der Waals surface area (Å²) in [4.78, 5) is 46.2. The number of amides is 2. The van der Waals surface area contributed by atoms with Crippen molar-refractivity contribution in [1.82, 2.24) is 29.8 Å². The average Bonchev–Trinajstić information content (AvgIpc) is 3.56. The van der Waals surface area contributed by atoms with Crippen molar-refractivity contribution >= 4 is 22.8 Å². The molecule has 3 fully saturated rings. The van der Waals surface area contributed by atoms with E-state index in [2.05, 4.69) is 27.0 Å². The number of likely N-dealkylation sites (N-methyl/N-ethyl adjacent to an activating group) is 1. The second-order valence-electron chi connectivity index (χ2n) is 11.4. The number of ether oxygens (including phenoxy) is 1. The molecule has 216 valence electrons. The van der Waals surface area contributed by atoms with E-state index in [0.29, 0.717) is 50.3 Å². The van der Waals surface area contributed by atoms with Crippen LogP contribution in [0.4, 0.5) is 9.18 Å². The summed E-state index contributed by atoms with van der Waals surface area (Å²) in [6.07, 6.45) is 0.0446. The van der Waals surface area contributed by atoms with E-state index in [1.807, 2.05) is 12.1 Å². The van der Waals surface area contributed by atoms with E-state index in [4.69, 9.17) is 4.74 Å². The van der Waals surface area contributed by atoms with Crippen LogP contribution >= 0.6 is 0 Å². The highest BCUT2D eigenvalue weighted by molar-refractivity contribution is 5.95. The van der Waals surface area contributed by atoms with E-state index in [1.165, 1.54) is 6.07 Å². The van der Waals surface area contributed by atoms with Gasteiger partial charge < -0.3 is 19.4 Å². The Labute approximate surface area is 237 Å². The lowest BCUT2D eigenvalue weighted by Crippen LogP contribution is -2.45. The monoisotopic (exact) mass is 562 g/mol. The largest absolute Gasteiger partial charge is 0.448 e. The van der Waals surface area contributed by atoms with Crippen molar-refractivity contribution in [3.05, 3.63) is 75.5 Å². The highest BCUT2D eigenvalue weighted by Crippen LogP contribution is 2.32. The lowest BCUT2D eigenvalue weighted by atomic mass is 10.0. The zero-order valence-corrected chi connectivity index (χ0v) is 23.2. The fraction of sp³-hybridized carbons (Fsp3) is 0.467. The minimum atomic E-state index is -0.569. The molecule has 2 amide bonds. The Morgan fingerprint density at radius 3 is 2.39 bits per heavy atom. The number of likely N-dealkylation sites (tertiary alicyclic amines) is 2. The number of piperazine rings is 1. The van der Waals surface area contributed by atoms with Gasteiger partial charge in [-0.2, -0.15) is 5.10 Å². The molecular formula is C30H35FN6O4. The first-order valence-electron chi connectivity index (χ1n) is 14.2. The third kappa shape index (κ3) is 5.82. The van der Waals surface area contributed by atoms with Crippen molar-refractivity contribution in [3.63, 3.8) is 0 Å². The fourth-order valence-corrected chi connectivity index (χ4v) is 6.25. The van der Waals surface area contributed by atoms with Gasteiger partial charge in [-0.1, -0.05) is 24.3 Å². The Bertz CT molecular complexity index is 1490. The highest BCUT2D eigenvalue weighted by Gasteiger charge is 2.44.